The van der Waals surface area contributed by atoms with E-state index in [1.165, 1.54) is 0 Å². The lowest BCUT2D eigenvalue weighted by atomic mass is 9.95. The van der Waals surface area contributed by atoms with Gasteiger partial charge in [0, 0.05) is 19.0 Å². The van der Waals surface area contributed by atoms with Gasteiger partial charge in [-0.25, -0.2) is 0 Å². The number of aliphatic hydroxyl groups is 1. The first-order valence-corrected chi connectivity index (χ1v) is 4.70. The summed E-state index contributed by atoms with van der Waals surface area (Å²) in [4.78, 5) is 0. The normalized spacial score (nSPS) is 20.5. The Labute approximate surface area is 78.9 Å². The molecule has 2 heterocycles. The average molecular weight is 232 g/mol. The standard InChI is InChI=1S/C8H10BrNO2/c9-7-2-1-6(12-7)8(11)5-3-10-4-5/h1-2,5,8,10-11H,3-4H2. The van der Waals surface area contributed by atoms with Crippen LogP contribution in [0.4, 0.5) is 0 Å². The summed E-state index contributed by atoms with van der Waals surface area (Å²) in [6.45, 7) is 1.75. The minimum atomic E-state index is -0.461. The molecule has 0 aromatic carbocycles. The van der Waals surface area contributed by atoms with Gasteiger partial charge in [-0.2, -0.15) is 0 Å². The zero-order valence-corrected chi connectivity index (χ0v) is 8.04. The summed E-state index contributed by atoms with van der Waals surface area (Å²) in [5.41, 5.74) is 0. The Bertz CT molecular complexity index is 270. The van der Waals surface area contributed by atoms with Crippen LogP contribution in [0.15, 0.2) is 21.2 Å². The third-order valence-electron chi connectivity index (χ3n) is 2.15. The summed E-state index contributed by atoms with van der Waals surface area (Å²) in [7, 11) is 0. The molecule has 1 atom stereocenters. The van der Waals surface area contributed by atoms with E-state index in [1.807, 2.05) is 0 Å². The van der Waals surface area contributed by atoms with Crippen molar-refractivity contribution in [3.63, 3.8) is 0 Å². The van der Waals surface area contributed by atoms with Crippen molar-refractivity contribution in [2.24, 2.45) is 5.92 Å². The number of rotatable bonds is 2. The van der Waals surface area contributed by atoms with Crippen LogP contribution in [-0.4, -0.2) is 18.2 Å². The lowest BCUT2D eigenvalue weighted by molar-refractivity contribution is 0.0571. The van der Waals surface area contributed by atoms with Crippen LogP contribution in [0.1, 0.15) is 11.9 Å². The molecule has 0 amide bonds. The largest absolute Gasteiger partial charge is 0.452 e. The van der Waals surface area contributed by atoms with Gasteiger partial charge in [-0.15, -0.1) is 0 Å². The van der Waals surface area contributed by atoms with E-state index >= 15 is 0 Å². The number of furan rings is 1. The van der Waals surface area contributed by atoms with E-state index in [0.29, 0.717) is 16.3 Å². The number of hydrogen-bond donors (Lipinski definition) is 2. The van der Waals surface area contributed by atoms with Gasteiger partial charge in [-0.05, 0) is 28.1 Å². The number of halogens is 1. The van der Waals surface area contributed by atoms with Crippen LogP contribution in [0.3, 0.4) is 0 Å². The Balaban J connectivity index is 2.08. The SMILES string of the molecule is OC(c1ccc(Br)o1)C1CNC1. The van der Waals surface area contributed by atoms with Gasteiger partial charge in [0.1, 0.15) is 11.9 Å². The van der Waals surface area contributed by atoms with E-state index < -0.39 is 6.10 Å². The Morgan fingerprint density at radius 2 is 2.33 bits per heavy atom. The van der Waals surface area contributed by atoms with Crippen molar-refractivity contribution in [2.75, 3.05) is 13.1 Å². The molecule has 1 aliphatic rings. The van der Waals surface area contributed by atoms with Crippen LogP contribution < -0.4 is 5.32 Å². The molecular formula is C8H10BrNO2. The molecular weight excluding hydrogens is 222 g/mol. The molecule has 1 saturated heterocycles. The van der Waals surface area contributed by atoms with Crippen LogP contribution in [0.2, 0.25) is 0 Å². The van der Waals surface area contributed by atoms with Crippen molar-refractivity contribution in [1.82, 2.24) is 5.32 Å². The van der Waals surface area contributed by atoms with Crippen LogP contribution in [0.5, 0.6) is 0 Å². The van der Waals surface area contributed by atoms with Gasteiger partial charge < -0.3 is 14.8 Å². The molecule has 1 aromatic heterocycles. The molecule has 1 unspecified atom stereocenters. The maximum atomic E-state index is 9.70. The van der Waals surface area contributed by atoms with Crippen LogP contribution in [0.25, 0.3) is 0 Å². The Kier molecular flexibility index (Phi) is 2.21. The smallest absolute Gasteiger partial charge is 0.169 e. The Morgan fingerprint density at radius 3 is 2.75 bits per heavy atom. The Hall–Kier alpha value is -0.320. The van der Waals surface area contributed by atoms with Crippen molar-refractivity contribution in [3.8, 4) is 0 Å². The summed E-state index contributed by atoms with van der Waals surface area (Å²) in [5.74, 6) is 0.955. The predicted molar refractivity (Wildman–Crippen MR) is 47.7 cm³/mol. The maximum absolute atomic E-state index is 9.70. The van der Waals surface area contributed by atoms with Gasteiger partial charge in [-0.1, -0.05) is 0 Å². The molecule has 66 valence electrons. The zero-order valence-electron chi connectivity index (χ0n) is 6.46. The molecule has 4 heteroatoms. The minimum Gasteiger partial charge on any atom is -0.452 e. The molecule has 0 spiro atoms. The van der Waals surface area contributed by atoms with Crippen LogP contribution >= 0.6 is 15.9 Å². The zero-order chi connectivity index (χ0) is 8.55. The maximum Gasteiger partial charge on any atom is 0.169 e. The summed E-state index contributed by atoms with van der Waals surface area (Å²) in [6.07, 6.45) is -0.461. The first-order chi connectivity index (χ1) is 5.77. The second kappa shape index (κ2) is 3.20. The van der Waals surface area contributed by atoms with Gasteiger partial charge in [0.2, 0.25) is 0 Å². The molecule has 12 heavy (non-hydrogen) atoms. The monoisotopic (exact) mass is 231 g/mol. The summed E-state index contributed by atoms with van der Waals surface area (Å²) in [6, 6.07) is 3.59. The third-order valence-corrected chi connectivity index (χ3v) is 2.57. The summed E-state index contributed by atoms with van der Waals surface area (Å²) in [5, 5.41) is 12.8. The predicted octanol–water partition coefficient (Wildman–Crippen LogP) is 1.29. The molecule has 2 rings (SSSR count). The highest BCUT2D eigenvalue weighted by atomic mass is 79.9. The van der Waals surface area contributed by atoms with Gasteiger partial charge in [0.05, 0.1) is 0 Å². The quantitative estimate of drug-likeness (QED) is 0.807. The molecule has 2 N–H and O–H groups in total. The number of nitrogens with one attached hydrogen (secondary N) is 1. The number of aliphatic hydroxyl groups excluding tert-OH is 1. The van der Waals surface area contributed by atoms with Crippen molar-refractivity contribution in [1.29, 1.82) is 0 Å². The van der Waals surface area contributed by atoms with Crippen LogP contribution in [0, 0.1) is 5.92 Å². The third kappa shape index (κ3) is 1.42. The van der Waals surface area contributed by atoms with Gasteiger partial charge in [0.15, 0.2) is 4.67 Å². The van der Waals surface area contributed by atoms with E-state index in [9.17, 15) is 5.11 Å². The molecule has 0 aliphatic carbocycles. The van der Waals surface area contributed by atoms with E-state index in [0.717, 1.165) is 13.1 Å². The second-order valence-corrected chi connectivity index (χ2v) is 3.79. The molecule has 1 aromatic rings. The van der Waals surface area contributed by atoms with Crippen molar-refractivity contribution < 1.29 is 9.52 Å². The first-order valence-electron chi connectivity index (χ1n) is 3.91. The molecule has 3 nitrogen and oxygen atoms in total. The molecule has 0 radical (unpaired) electrons. The molecule has 0 bridgehead atoms. The van der Waals surface area contributed by atoms with E-state index in [4.69, 9.17) is 4.42 Å². The highest BCUT2D eigenvalue weighted by Crippen LogP contribution is 2.27. The van der Waals surface area contributed by atoms with E-state index in [2.05, 4.69) is 21.2 Å². The van der Waals surface area contributed by atoms with Gasteiger partial charge in [-0.3, -0.25) is 0 Å². The van der Waals surface area contributed by atoms with Gasteiger partial charge >= 0.3 is 0 Å². The van der Waals surface area contributed by atoms with E-state index in [-0.39, 0.29) is 0 Å². The van der Waals surface area contributed by atoms with Crippen molar-refractivity contribution in [3.05, 3.63) is 22.6 Å². The lowest BCUT2D eigenvalue weighted by Crippen LogP contribution is -2.45. The highest BCUT2D eigenvalue weighted by molar-refractivity contribution is 9.10. The highest BCUT2D eigenvalue weighted by Gasteiger charge is 2.28. The first kappa shape index (κ1) is 8.29. The second-order valence-electron chi connectivity index (χ2n) is 3.01. The average Bonchev–Trinajstić information content (AvgIpc) is 2.31. The fourth-order valence-electron chi connectivity index (χ4n) is 1.25. The lowest BCUT2D eigenvalue weighted by Gasteiger charge is -2.30. The molecule has 1 fully saturated rings. The minimum absolute atomic E-state index is 0.308. The van der Waals surface area contributed by atoms with Crippen molar-refractivity contribution >= 4 is 15.9 Å². The van der Waals surface area contributed by atoms with E-state index in [1.54, 1.807) is 12.1 Å². The fraction of sp³-hybridized carbons (Fsp3) is 0.500. The molecule has 1 aliphatic heterocycles. The Morgan fingerprint density at radius 1 is 1.58 bits per heavy atom. The van der Waals surface area contributed by atoms with Crippen LogP contribution in [-0.2, 0) is 0 Å². The van der Waals surface area contributed by atoms with Crippen molar-refractivity contribution in [2.45, 2.75) is 6.10 Å². The number of hydrogen-bond acceptors (Lipinski definition) is 3. The summed E-state index contributed by atoms with van der Waals surface area (Å²) >= 11 is 3.20. The molecule has 0 saturated carbocycles. The van der Waals surface area contributed by atoms with Gasteiger partial charge in [0.25, 0.3) is 0 Å². The summed E-state index contributed by atoms with van der Waals surface area (Å²) < 4.78 is 5.91. The fourth-order valence-corrected chi connectivity index (χ4v) is 1.57. The topological polar surface area (TPSA) is 45.4 Å².